The highest BCUT2D eigenvalue weighted by atomic mass is 32.2. The number of sulfonamides is 1. The molecule has 4 rings (SSSR count). The molecule has 186 valence electrons. The zero-order chi connectivity index (χ0) is 25.5. The van der Waals surface area contributed by atoms with Crippen LogP contribution in [0.5, 0.6) is 0 Å². The second-order valence-corrected chi connectivity index (χ2v) is 12.6. The lowest BCUT2D eigenvalue weighted by Crippen LogP contribution is -2.48. The topological polar surface area (TPSA) is 57.7 Å². The van der Waals surface area contributed by atoms with Gasteiger partial charge in [0.15, 0.2) is 0 Å². The van der Waals surface area contributed by atoms with Crippen molar-refractivity contribution in [3.8, 4) is 0 Å². The van der Waals surface area contributed by atoms with Crippen LogP contribution in [-0.4, -0.2) is 42.7 Å². The van der Waals surface area contributed by atoms with Crippen LogP contribution in [0, 0.1) is 27.7 Å². The summed E-state index contributed by atoms with van der Waals surface area (Å²) < 4.78 is 29.1. The third-order valence-corrected chi connectivity index (χ3v) is 10.1. The number of hydrogen-bond donors (Lipinski definition) is 0. The van der Waals surface area contributed by atoms with Crippen molar-refractivity contribution in [2.75, 3.05) is 13.1 Å². The lowest BCUT2D eigenvalue weighted by atomic mass is 9.90. The molecule has 1 aliphatic heterocycles. The SMILES string of the molecule is Cc1cc(C)c(S(=O)(=O)N(CC(=O)N2CCc3sccc3C2c2ccccc2C)C(C)C)c(C)c1. The summed E-state index contributed by atoms with van der Waals surface area (Å²) in [6, 6.07) is 13.4. The van der Waals surface area contributed by atoms with Crippen molar-refractivity contribution in [1.82, 2.24) is 9.21 Å². The number of fused-ring (bicyclic) bond motifs is 1. The lowest BCUT2D eigenvalue weighted by Gasteiger charge is -2.38. The van der Waals surface area contributed by atoms with Gasteiger partial charge in [0.05, 0.1) is 17.5 Å². The van der Waals surface area contributed by atoms with Crippen molar-refractivity contribution in [3.05, 3.63) is 86.1 Å². The quantitative estimate of drug-likeness (QED) is 0.437. The number of nitrogens with zero attached hydrogens (tertiary/aromatic N) is 2. The summed E-state index contributed by atoms with van der Waals surface area (Å²) in [5.41, 5.74) is 5.79. The Bertz CT molecular complexity index is 1340. The van der Waals surface area contributed by atoms with E-state index < -0.39 is 10.0 Å². The number of hydrogen-bond acceptors (Lipinski definition) is 4. The van der Waals surface area contributed by atoms with Gasteiger partial charge in [-0.15, -0.1) is 11.3 Å². The first-order chi connectivity index (χ1) is 16.5. The molecule has 0 radical (unpaired) electrons. The molecule has 0 bridgehead atoms. The Morgan fingerprint density at radius 1 is 1.03 bits per heavy atom. The van der Waals surface area contributed by atoms with Gasteiger partial charge in [-0.3, -0.25) is 4.79 Å². The molecule has 0 aliphatic carbocycles. The van der Waals surface area contributed by atoms with Gasteiger partial charge in [0.2, 0.25) is 15.9 Å². The van der Waals surface area contributed by atoms with Crippen LogP contribution in [0.15, 0.2) is 52.7 Å². The predicted octanol–water partition coefficient (Wildman–Crippen LogP) is 5.56. The molecular weight excluding hydrogens is 476 g/mol. The molecule has 0 saturated carbocycles. The largest absolute Gasteiger partial charge is 0.330 e. The Balaban J connectivity index is 1.72. The summed E-state index contributed by atoms with van der Waals surface area (Å²) in [6.07, 6.45) is 0.783. The van der Waals surface area contributed by atoms with Crippen molar-refractivity contribution >= 4 is 27.3 Å². The third kappa shape index (κ3) is 4.82. The third-order valence-electron chi connectivity index (χ3n) is 6.81. The highest BCUT2D eigenvalue weighted by molar-refractivity contribution is 7.89. The molecule has 0 spiro atoms. The Kier molecular flexibility index (Phi) is 7.23. The first-order valence-corrected chi connectivity index (χ1v) is 14.3. The first kappa shape index (κ1) is 25.6. The van der Waals surface area contributed by atoms with E-state index >= 15 is 0 Å². The van der Waals surface area contributed by atoms with Crippen LogP contribution in [-0.2, 0) is 21.2 Å². The van der Waals surface area contributed by atoms with E-state index in [0.29, 0.717) is 22.6 Å². The number of amides is 1. The molecule has 1 amide bonds. The molecule has 5 nitrogen and oxygen atoms in total. The second-order valence-electron chi connectivity index (χ2n) is 9.77. The van der Waals surface area contributed by atoms with Gasteiger partial charge in [0.25, 0.3) is 0 Å². The van der Waals surface area contributed by atoms with E-state index in [2.05, 4.69) is 30.5 Å². The minimum Gasteiger partial charge on any atom is -0.330 e. The van der Waals surface area contributed by atoms with Gasteiger partial charge < -0.3 is 4.90 Å². The number of thiophene rings is 1. The summed E-state index contributed by atoms with van der Waals surface area (Å²) in [5, 5.41) is 2.08. The van der Waals surface area contributed by atoms with E-state index in [4.69, 9.17) is 0 Å². The van der Waals surface area contributed by atoms with Crippen molar-refractivity contribution in [2.24, 2.45) is 0 Å². The fourth-order valence-corrected chi connectivity index (χ4v) is 8.18. The monoisotopic (exact) mass is 510 g/mol. The number of carbonyl (C=O) groups excluding carboxylic acids is 1. The molecule has 1 aliphatic rings. The summed E-state index contributed by atoms with van der Waals surface area (Å²) in [5.74, 6) is -0.171. The van der Waals surface area contributed by atoms with Crippen molar-refractivity contribution < 1.29 is 13.2 Å². The number of carbonyl (C=O) groups is 1. The van der Waals surface area contributed by atoms with E-state index in [1.54, 1.807) is 11.3 Å². The Hall–Kier alpha value is -2.48. The van der Waals surface area contributed by atoms with E-state index in [0.717, 1.165) is 28.7 Å². The molecule has 7 heteroatoms. The van der Waals surface area contributed by atoms with E-state index in [1.807, 2.05) is 63.8 Å². The maximum Gasteiger partial charge on any atom is 0.244 e. The van der Waals surface area contributed by atoms with E-state index in [9.17, 15) is 13.2 Å². The van der Waals surface area contributed by atoms with Gasteiger partial charge >= 0.3 is 0 Å². The highest BCUT2D eigenvalue weighted by Crippen LogP contribution is 2.39. The molecule has 0 saturated heterocycles. The average molecular weight is 511 g/mol. The van der Waals surface area contributed by atoms with Crippen LogP contribution in [0.1, 0.15) is 58.1 Å². The van der Waals surface area contributed by atoms with Gasteiger partial charge in [-0.05, 0) is 87.2 Å². The van der Waals surface area contributed by atoms with Crippen LogP contribution in [0.2, 0.25) is 0 Å². The van der Waals surface area contributed by atoms with Crippen LogP contribution in [0.25, 0.3) is 0 Å². The normalized spacial score (nSPS) is 16.1. The molecule has 3 aromatic rings. The maximum atomic E-state index is 13.9. The van der Waals surface area contributed by atoms with Crippen LogP contribution >= 0.6 is 11.3 Å². The summed E-state index contributed by atoms with van der Waals surface area (Å²) >= 11 is 1.72. The molecule has 2 aromatic carbocycles. The fourth-order valence-electron chi connectivity index (χ4n) is 5.27. The highest BCUT2D eigenvalue weighted by Gasteiger charge is 2.37. The van der Waals surface area contributed by atoms with E-state index in [1.165, 1.54) is 9.18 Å². The second kappa shape index (κ2) is 9.88. The number of rotatable bonds is 6. The molecular formula is C28H34N2O3S2. The van der Waals surface area contributed by atoms with Crippen LogP contribution in [0.3, 0.4) is 0 Å². The van der Waals surface area contributed by atoms with Crippen LogP contribution in [0.4, 0.5) is 0 Å². The van der Waals surface area contributed by atoms with Gasteiger partial charge in [0.1, 0.15) is 0 Å². The van der Waals surface area contributed by atoms with Crippen LogP contribution < -0.4 is 0 Å². The van der Waals surface area contributed by atoms with Gasteiger partial charge in [-0.25, -0.2) is 8.42 Å². The Morgan fingerprint density at radius 3 is 2.31 bits per heavy atom. The molecule has 1 unspecified atom stereocenters. The minimum absolute atomic E-state index is 0.171. The first-order valence-electron chi connectivity index (χ1n) is 12.0. The lowest BCUT2D eigenvalue weighted by molar-refractivity contribution is -0.133. The zero-order valence-corrected chi connectivity index (χ0v) is 23.0. The maximum absolute atomic E-state index is 13.9. The Morgan fingerprint density at radius 2 is 1.69 bits per heavy atom. The Labute approximate surface area is 213 Å². The predicted molar refractivity (Wildman–Crippen MR) is 142 cm³/mol. The minimum atomic E-state index is -3.86. The molecule has 0 N–H and O–H groups in total. The van der Waals surface area contributed by atoms with Gasteiger partial charge in [-0.1, -0.05) is 42.0 Å². The van der Waals surface area contributed by atoms with Crippen molar-refractivity contribution in [1.29, 1.82) is 0 Å². The summed E-state index contributed by atoms with van der Waals surface area (Å²) in [7, 11) is -3.86. The number of benzene rings is 2. The smallest absolute Gasteiger partial charge is 0.244 e. The molecule has 2 heterocycles. The van der Waals surface area contributed by atoms with E-state index in [-0.39, 0.29) is 24.5 Å². The summed E-state index contributed by atoms with van der Waals surface area (Å²) in [4.78, 5) is 17.3. The molecule has 1 aromatic heterocycles. The number of aryl methyl sites for hydroxylation is 4. The van der Waals surface area contributed by atoms with Crippen molar-refractivity contribution in [3.63, 3.8) is 0 Å². The summed E-state index contributed by atoms with van der Waals surface area (Å²) in [6.45, 7) is 11.7. The molecule has 35 heavy (non-hydrogen) atoms. The zero-order valence-electron chi connectivity index (χ0n) is 21.3. The average Bonchev–Trinajstić information content (AvgIpc) is 3.25. The van der Waals surface area contributed by atoms with Gasteiger partial charge in [0, 0.05) is 17.5 Å². The van der Waals surface area contributed by atoms with Gasteiger partial charge in [-0.2, -0.15) is 4.31 Å². The fraction of sp³-hybridized carbons (Fsp3) is 0.393. The van der Waals surface area contributed by atoms with Crippen molar-refractivity contribution in [2.45, 2.75) is 64.9 Å². The molecule has 0 fully saturated rings. The standard InChI is InChI=1S/C28H34N2O3S2/c1-18(2)30(35(32,33)28-21(5)15-19(3)16-22(28)6)17-26(31)29-13-11-25-24(12-14-34-25)27(29)23-10-8-7-9-20(23)4/h7-10,12,14-16,18,27H,11,13,17H2,1-6H3. The molecule has 1 atom stereocenters.